The number of aryl methyl sites for hydroxylation is 1. The smallest absolute Gasteiger partial charge is 0.0235 e. The van der Waals surface area contributed by atoms with Crippen molar-refractivity contribution in [1.82, 2.24) is 10.2 Å². The van der Waals surface area contributed by atoms with Crippen molar-refractivity contribution in [2.75, 3.05) is 26.2 Å². The van der Waals surface area contributed by atoms with Gasteiger partial charge in [-0.25, -0.2) is 0 Å². The Morgan fingerprint density at radius 3 is 2.84 bits per heavy atom. The highest BCUT2D eigenvalue weighted by molar-refractivity contribution is 5.14. The van der Waals surface area contributed by atoms with Crippen molar-refractivity contribution in [3.05, 3.63) is 35.9 Å². The van der Waals surface area contributed by atoms with E-state index in [1.54, 1.807) is 0 Å². The van der Waals surface area contributed by atoms with Gasteiger partial charge in [0.2, 0.25) is 0 Å². The van der Waals surface area contributed by atoms with Gasteiger partial charge >= 0.3 is 0 Å². The van der Waals surface area contributed by atoms with Gasteiger partial charge in [-0.3, -0.25) is 0 Å². The van der Waals surface area contributed by atoms with Crippen LogP contribution in [0.4, 0.5) is 0 Å². The molecule has 1 aromatic carbocycles. The third-order valence-corrected chi connectivity index (χ3v) is 4.71. The number of fused-ring (bicyclic) bond motifs is 1. The van der Waals surface area contributed by atoms with E-state index in [-0.39, 0.29) is 0 Å². The van der Waals surface area contributed by atoms with Crippen LogP contribution in [0, 0.1) is 5.92 Å². The minimum atomic E-state index is 0.794. The molecule has 2 heterocycles. The van der Waals surface area contributed by atoms with Gasteiger partial charge in [0, 0.05) is 19.1 Å². The summed E-state index contributed by atoms with van der Waals surface area (Å²) in [7, 11) is 0. The van der Waals surface area contributed by atoms with Crippen molar-refractivity contribution in [2.24, 2.45) is 5.92 Å². The average molecular weight is 258 g/mol. The van der Waals surface area contributed by atoms with Crippen molar-refractivity contribution in [1.29, 1.82) is 0 Å². The quantitative estimate of drug-likeness (QED) is 0.817. The monoisotopic (exact) mass is 258 g/mol. The van der Waals surface area contributed by atoms with Crippen molar-refractivity contribution >= 4 is 0 Å². The number of piperidine rings is 1. The second-order valence-electron chi connectivity index (χ2n) is 6.17. The number of unbranched alkanes of at least 4 members (excludes halogenated alkanes) is 1. The van der Waals surface area contributed by atoms with Crippen LogP contribution >= 0.6 is 0 Å². The maximum atomic E-state index is 3.69. The molecule has 1 N–H and O–H groups in total. The van der Waals surface area contributed by atoms with E-state index in [0.717, 1.165) is 12.0 Å². The molecule has 19 heavy (non-hydrogen) atoms. The van der Waals surface area contributed by atoms with E-state index < -0.39 is 0 Å². The minimum absolute atomic E-state index is 0.794. The fourth-order valence-corrected chi connectivity index (χ4v) is 3.63. The van der Waals surface area contributed by atoms with Crippen molar-refractivity contribution in [3.63, 3.8) is 0 Å². The minimum Gasteiger partial charge on any atom is -0.312 e. The molecule has 0 aliphatic carbocycles. The van der Waals surface area contributed by atoms with Gasteiger partial charge in [-0.15, -0.1) is 0 Å². The molecule has 2 aliphatic heterocycles. The second kappa shape index (κ2) is 6.53. The molecule has 0 bridgehead atoms. The Balaban J connectivity index is 1.35. The summed E-state index contributed by atoms with van der Waals surface area (Å²) >= 11 is 0. The van der Waals surface area contributed by atoms with Gasteiger partial charge in [0.1, 0.15) is 0 Å². The summed E-state index contributed by atoms with van der Waals surface area (Å²) < 4.78 is 0. The van der Waals surface area contributed by atoms with Crippen LogP contribution in [0.15, 0.2) is 30.3 Å². The largest absolute Gasteiger partial charge is 0.312 e. The topological polar surface area (TPSA) is 15.3 Å². The van der Waals surface area contributed by atoms with Gasteiger partial charge in [-0.1, -0.05) is 30.3 Å². The normalized spacial score (nSPS) is 27.4. The molecule has 0 saturated carbocycles. The van der Waals surface area contributed by atoms with Crippen LogP contribution in [0.25, 0.3) is 0 Å². The zero-order valence-corrected chi connectivity index (χ0v) is 11.9. The summed E-state index contributed by atoms with van der Waals surface area (Å²) in [5, 5.41) is 3.69. The molecular weight excluding hydrogens is 232 g/mol. The second-order valence-corrected chi connectivity index (χ2v) is 6.17. The summed E-state index contributed by atoms with van der Waals surface area (Å²) in [5.74, 6) is 0.933. The van der Waals surface area contributed by atoms with E-state index in [0.29, 0.717) is 0 Å². The van der Waals surface area contributed by atoms with Crippen molar-refractivity contribution in [3.8, 4) is 0 Å². The number of benzene rings is 1. The van der Waals surface area contributed by atoms with Gasteiger partial charge in [-0.2, -0.15) is 0 Å². The first-order valence-corrected chi connectivity index (χ1v) is 7.91. The van der Waals surface area contributed by atoms with Crippen LogP contribution in [0.5, 0.6) is 0 Å². The van der Waals surface area contributed by atoms with Crippen molar-refractivity contribution in [2.45, 2.75) is 38.1 Å². The molecular formula is C17H26N2. The van der Waals surface area contributed by atoms with E-state index in [4.69, 9.17) is 0 Å². The first kappa shape index (κ1) is 13.1. The average Bonchev–Trinajstić information content (AvgIpc) is 2.87. The predicted octanol–water partition coefficient (Wildman–Crippen LogP) is 2.69. The standard InChI is InChI=1S/C17H26N2/c1-2-7-15(8-3-1)9-4-5-12-19-13-16-10-6-11-18-17(16)14-19/h1-3,7-8,16-18H,4-6,9-14H2. The maximum Gasteiger partial charge on any atom is 0.0235 e. The van der Waals surface area contributed by atoms with Crippen LogP contribution in [0.2, 0.25) is 0 Å². The summed E-state index contributed by atoms with van der Waals surface area (Å²) in [4.78, 5) is 2.68. The Morgan fingerprint density at radius 1 is 1.11 bits per heavy atom. The van der Waals surface area contributed by atoms with Crippen LogP contribution in [-0.2, 0) is 6.42 Å². The lowest BCUT2D eigenvalue weighted by atomic mass is 9.94. The van der Waals surface area contributed by atoms with Crippen LogP contribution < -0.4 is 5.32 Å². The Kier molecular flexibility index (Phi) is 4.52. The van der Waals surface area contributed by atoms with E-state index in [1.165, 1.54) is 63.8 Å². The van der Waals surface area contributed by atoms with E-state index in [9.17, 15) is 0 Å². The Bertz CT molecular complexity index is 362. The highest BCUT2D eigenvalue weighted by Gasteiger charge is 2.33. The number of likely N-dealkylation sites (tertiary alicyclic amines) is 1. The van der Waals surface area contributed by atoms with Crippen LogP contribution in [-0.4, -0.2) is 37.1 Å². The van der Waals surface area contributed by atoms with E-state index in [2.05, 4.69) is 40.5 Å². The Morgan fingerprint density at radius 2 is 2.00 bits per heavy atom. The lowest BCUT2D eigenvalue weighted by molar-refractivity contribution is 0.313. The zero-order chi connectivity index (χ0) is 12.9. The summed E-state index contributed by atoms with van der Waals surface area (Å²) in [6.07, 6.45) is 6.72. The number of nitrogens with zero attached hydrogens (tertiary/aromatic N) is 1. The van der Waals surface area contributed by atoms with E-state index >= 15 is 0 Å². The lowest BCUT2D eigenvalue weighted by Gasteiger charge is -2.24. The lowest BCUT2D eigenvalue weighted by Crippen LogP contribution is -2.40. The third kappa shape index (κ3) is 3.58. The summed E-state index contributed by atoms with van der Waals surface area (Å²) in [6.45, 7) is 5.16. The van der Waals surface area contributed by atoms with Crippen LogP contribution in [0.3, 0.4) is 0 Å². The fraction of sp³-hybridized carbons (Fsp3) is 0.647. The van der Waals surface area contributed by atoms with Gasteiger partial charge in [0.25, 0.3) is 0 Å². The Labute approximate surface area is 117 Å². The molecule has 2 heteroatoms. The molecule has 2 aliphatic rings. The highest BCUT2D eigenvalue weighted by atomic mass is 15.2. The molecule has 0 spiro atoms. The fourth-order valence-electron chi connectivity index (χ4n) is 3.63. The Hall–Kier alpha value is -0.860. The molecule has 0 aromatic heterocycles. The number of hydrogen-bond acceptors (Lipinski definition) is 2. The molecule has 1 aromatic rings. The maximum absolute atomic E-state index is 3.69. The van der Waals surface area contributed by atoms with Gasteiger partial charge in [0.05, 0.1) is 0 Å². The summed E-state index contributed by atoms with van der Waals surface area (Å²) in [5.41, 5.74) is 1.49. The molecule has 104 valence electrons. The first-order valence-electron chi connectivity index (χ1n) is 7.91. The molecule has 0 amide bonds. The summed E-state index contributed by atoms with van der Waals surface area (Å²) in [6, 6.07) is 11.7. The van der Waals surface area contributed by atoms with Gasteiger partial charge in [0.15, 0.2) is 0 Å². The zero-order valence-electron chi connectivity index (χ0n) is 11.9. The highest BCUT2D eigenvalue weighted by Crippen LogP contribution is 2.24. The molecule has 3 rings (SSSR count). The molecule has 2 saturated heterocycles. The number of hydrogen-bond donors (Lipinski definition) is 1. The predicted molar refractivity (Wildman–Crippen MR) is 80.3 cm³/mol. The van der Waals surface area contributed by atoms with E-state index in [1.807, 2.05) is 0 Å². The molecule has 0 radical (unpaired) electrons. The number of nitrogens with one attached hydrogen (secondary N) is 1. The molecule has 2 unspecified atom stereocenters. The van der Waals surface area contributed by atoms with Gasteiger partial charge in [-0.05, 0) is 56.7 Å². The van der Waals surface area contributed by atoms with Crippen LogP contribution in [0.1, 0.15) is 31.2 Å². The number of rotatable bonds is 5. The molecule has 2 atom stereocenters. The van der Waals surface area contributed by atoms with Gasteiger partial charge < -0.3 is 10.2 Å². The van der Waals surface area contributed by atoms with Crippen molar-refractivity contribution < 1.29 is 0 Å². The first-order chi connectivity index (χ1) is 9.42. The third-order valence-electron chi connectivity index (χ3n) is 4.71. The SMILES string of the molecule is c1ccc(CCCCN2CC3CCCNC3C2)cc1. The molecule has 2 nitrogen and oxygen atoms in total. The molecule has 2 fully saturated rings.